The third kappa shape index (κ3) is 2.52. The molecule has 0 aromatic carbocycles. The van der Waals surface area contributed by atoms with Crippen LogP contribution in [-0.2, 0) is 17.6 Å². The third-order valence-corrected chi connectivity index (χ3v) is 6.02. The molecule has 4 rings (SSSR count). The number of hydrogen-bond acceptors (Lipinski definition) is 6. The molecule has 3 heterocycles. The number of thiophene rings is 1. The fourth-order valence-electron chi connectivity index (χ4n) is 3.54. The molecule has 0 spiro atoms. The second kappa shape index (κ2) is 5.63. The van der Waals surface area contributed by atoms with Gasteiger partial charge in [0.25, 0.3) is 0 Å². The van der Waals surface area contributed by atoms with Crippen molar-refractivity contribution in [3.8, 4) is 0 Å². The number of nitrogen functional groups attached to an aromatic ring is 1. The molecule has 0 atom stereocenters. The van der Waals surface area contributed by atoms with Crippen LogP contribution < -0.4 is 10.6 Å². The Hall–Kier alpha value is -1.89. The zero-order valence-corrected chi connectivity index (χ0v) is 14.2. The number of hydrogen-bond donors (Lipinski definition) is 1. The van der Waals surface area contributed by atoms with Crippen LogP contribution >= 0.6 is 11.3 Å². The first-order valence-electron chi connectivity index (χ1n) is 8.21. The Balaban J connectivity index is 1.66. The maximum Gasteiger partial charge on any atom is 0.228 e. The van der Waals surface area contributed by atoms with Gasteiger partial charge in [-0.3, -0.25) is 4.79 Å². The molecule has 2 aromatic heterocycles. The molecule has 1 aliphatic heterocycles. The number of fused-ring (bicyclic) bond motifs is 3. The number of nitrogens with two attached hydrogens (primary N) is 1. The molecule has 2 aromatic rings. The van der Waals surface area contributed by atoms with E-state index in [-0.39, 0.29) is 5.91 Å². The summed E-state index contributed by atoms with van der Waals surface area (Å²) in [6.07, 6.45) is 4.72. The molecule has 1 aliphatic carbocycles. The van der Waals surface area contributed by atoms with E-state index in [0.29, 0.717) is 11.8 Å². The molecule has 1 amide bonds. The van der Waals surface area contributed by atoms with Gasteiger partial charge in [-0.15, -0.1) is 11.3 Å². The minimum atomic E-state index is 0.131. The highest BCUT2D eigenvalue weighted by atomic mass is 32.1. The minimum absolute atomic E-state index is 0.131. The number of nitrogens with zero attached hydrogens (tertiary/aromatic N) is 4. The van der Waals surface area contributed by atoms with E-state index in [0.717, 1.165) is 49.2 Å². The molecule has 2 N–H and O–H groups in total. The summed E-state index contributed by atoms with van der Waals surface area (Å²) < 4.78 is 0. The standard InChI is InChI=1S/C16H21N5OS/c1-10(22)20-6-8-21(9-7-20)16-18-14(17)13-11-4-2-3-5-12(11)23-15(13)19-16/h2-9H2,1H3,(H2,17,18,19). The van der Waals surface area contributed by atoms with Gasteiger partial charge in [-0.1, -0.05) is 0 Å². The number of piperazine rings is 1. The van der Waals surface area contributed by atoms with Gasteiger partial charge in [-0.25, -0.2) is 4.98 Å². The Morgan fingerprint density at radius 1 is 1.13 bits per heavy atom. The lowest BCUT2D eigenvalue weighted by Crippen LogP contribution is -2.48. The molecule has 2 aliphatic rings. The van der Waals surface area contributed by atoms with Crippen molar-refractivity contribution in [2.45, 2.75) is 32.6 Å². The van der Waals surface area contributed by atoms with Crippen LogP contribution in [0, 0.1) is 0 Å². The molecule has 7 heteroatoms. The van der Waals surface area contributed by atoms with E-state index in [2.05, 4.69) is 9.88 Å². The van der Waals surface area contributed by atoms with Gasteiger partial charge in [-0.2, -0.15) is 4.98 Å². The van der Waals surface area contributed by atoms with E-state index < -0.39 is 0 Å². The molecule has 23 heavy (non-hydrogen) atoms. The smallest absolute Gasteiger partial charge is 0.228 e. The number of amides is 1. The molecule has 1 saturated heterocycles. The van der Waals surface area contributed by atoms with Crippen molar-refractivity contribution in [1.82, 2.24) is 14.9 Å². The van der Waals surface area contributed by atoms with Crippen LogP contribution in [0.3, 0.4) is 0 Å². The zero-order valence-electron chi connectivity index (χ0n) is 13.3. The molecular formula is C16H21N5OS. The highest BCUT2D eigenvalue weighted by molar-refractivity contribution is 7.19. The Bertz CT molecular complexity index is 763. The fraction of sp³-hybridized carbons (Fsp3) is 0.562. The van der Waals surface area contributed by atoms with Gasteiger partial charge in [0, 0.05) is 38.0 Å². The van der Waals surface area contributed by atoms with Crippen molar-refractivity contribution in [1.29, 1.82) is 0 Å². The fourth-order valence-corrected chi connectivity index (χ4v) is 4.80. The van der Waals surface area contributed by atoms with Crippen molar-refractivity contribution < 1.29 is 4.79 Å². The Kier molecular flexibility index (Phi) is 3.60. The monoisotopic (exact) mass is 331 g/mol. The topological polar surface area (TPSA) is 75.4 Å². The van der Waals surface area contributed by atoms with Crippen LogP contribution in [0.2, 0.25) is 0 Å². The Morgan fingerprint density at radius 3 is 2.61 bits per heavy atom. The Labute approximate surface area is 139 Å². The van der Waals surface area contributed by atoms with Gasteiger partial charge in [-0.05, 0) is 31.2 Å². The number of anilines is 2. The van der Waals surface area contributed by atoms with Crippen molar-refractivity contribution >= 4 is 39.2 Å². The maximum atomic E-state index is 11.4. The molecule has 1 fully saturated rings. The number of carbonyl (C=O) groups excluding carboxylic acids is 1. The van der Waals surface area contributed by atoms with Crippen molar-refractivity contribution in [3.05, 3.63) is 10.4 Å². The van der Waals surface area contributed by atoms with E-state index in [1.165, 1.54) is 23.3 Å². The zero-order chi connectivity index (χ0) is 16.0. The first-order chi connectivity index (χ1) is 11.1. The number of aryl methyl sites for hydroxylation is 2. The highest BCUT2D eigenvalue weighted by Crippen LogP contribution is 2.38. The summed E-state index contributed by atoms with van der Waals surface area (Å²) in [5.41, 5.74) is 7.65. The molecule has 0 bridgehead atoms. The summed E-state index contributed by atoms with van der Waals surface area (Å²) in [4.78, 5) is 27.3. The maximum absolute atomic E-state index is 11.4. The Morgan fingerprint density at radius 2 is 1.87 bits per heavy atom. The van der Waals surface area contributed by atoms with Crippen LogP contribution in [-0.4, -0.2) is 47.0 Å². The van der Waals surface area contributed by atoms with Gasteiger partial charge in [0.1, 0.15) is 10.6 Å². The summed E-state index contributed by atoms with van der Waals surface area (Å²) in [5.74, 6) is 1.45. The molecule has 0 unspecified atom stereocenters. The third-order valence-electron chi connectivity index (χ3n) is 4.84. The number of aromatic nitrogens is 2. The number of carbonyl (C=O) groups is 1. The second-order valence-corrected chi connectivity index (χ2v) is 7.38. The highest BCUT2D eigenvalue weighted by Gasteiger charge is 2.24. The summed E-state index contributed by atoms with van der Waals surface area (Å²) in [5, 5.41) is 1.08. The molecule has 6 nitrogen and oxygen atoms in total. The van der Waals surface area contributed by atoms with Gasteiger partial charge in [0.05, 0.1) is 5.39 Å². The quantitative estimate of drug-likeness (QED) is 0.863. The summed E-state index contributed by atoms with van der Waals surface area (Å²) in [6, 6.07) is 0. The van der Waals surface area contributed by atoms with Crippen LogP contribution in [0.4, 0.5) is 11.8 Å². The van der Waals surface area contributed by atoms with E-state index in [4.69, 9.17) is 10.7 Å². The first kappa shape index (κ1) is 14.7. The normalized spacial score (nSPS) is 18.3. The van der Waals surface area contributed by atoms with Gasteiger partial charge >= 0.3 is 0 Å². The van der Waals surface area contributed by atoms with E-state index in [1.54, 1.807) is 18.3 Å². The minimum Gasteiger partial charge on any atom is -0.383 e. The molecule has 122 valence electrons. The van der Waals surface area contributed by atoms with Gasteiger partial charge < -0.3 is 15.5 Å². The van der Waals surface area contributed by atoms with Crippen LogP contribution in [0.5, 0.6) is 0 Å². The summed E-state index contributed by atoms with van der Waals surface area (Å²) in [7, 11) is 0. The molecular weight excluding hydrogens is 310 g/mol. The van der Waals surface area contributed by atoms with Gasteiger partial charge in [0.2, 0.25) is 11.9 Å². The van der Waals surface area contributed by atoms with E-state index >= 15 is 0 Å². The summed E-state index contributed by atoms with van der Waals surface area (Å²) >= 11 is 1.78. The predicted molar refractivity (Wildman–Crippen MR) is 92.9 cm³/mol. The van der Waals surface area contributed by atoms with Crippen molar-refractivity contribution in [2.24, 2.45) is 0 Å². The van der Waals surface area contributed by atoms with E-state index in [9.17, 15) is 4.79 Å². The second-order valence-electron chi connectivity index (χ2n) is 6.29. The van der Waals surface area contributed by atoms with E-state index in [1.807, 2.05) is 4.90 Å². The summed E-state index contributed by atoms with van der Waals surface area (Å²) in [6.45, 7) is 4.58. The predicted octanol–water partition coefficient (Wildman–Crippen LogP) is 1.82. The molecule has 0 radical (unpaired) electrons. The van der Waals surface area contributed by atoms with Crippen molar-refractivity contribution in [2.75, 3.05) is 36.8 Å². The average molecular weight is 331 g/mol. The molecule has 0 saturated carbocycles. The lowest BCUT2D eigenvalue weighted by atomic mass is 9.97. The lowest BCUT2D eigenvalue weighted by Gasteiger charge is -2.34. The van der Waals surface area contributed by atoms with Crippen LogP contribution in [0.1, 0.15) is 30.2 Å². The number of rotatable bonds is 1. The lowest BCUT2D eigenvalue weighted by molar-refractivity contribution is -0.129. The average Bonchev–Trinajstić information content (AvgIpc) is 2.93. The SMILES string of the molecule is CC(=O)N1CCN(c2nc(N)c3c4c(sc3n2)CCCC4)CC1. The van der Waals surface area contributed by atoms with Crippen molar-refractivity contribution in [3.63, 3.8) is 0 Å². The van der Waals surface area contributed by atoms with Crippen LogP contribution in [0.15, 0.2) is 0 Å². The largest absolute Gasteiger partial charge is 0.383 e. The van der Waals surface area contributed by atoms with Crippen LogP contribution in [0.25, 0.3) is 10.2 Å². The van der Waals surface area contributed by atoms with Gasteiger partial charge in [0.15, 0.2) is 0 Å². The first-order valence-corrected chi connectivity index (χ1v) is 9.03.